The highest BCUT2D eigenvalue weighted by atomic mass is 16.6. The van der Waals surface area contributed by atoms with Crippen molar-refractivity contribution in [1.29, 1.82) is 0 Å². The SMILES string of the molecule is COc1cc(/C=N/NC(=O)c2ccccc2)cc([N+](=O)[O-])c1OC. The van der Waals surface area contributed by atoms with Crippen molar-refractivity contribution < 1.29 is 19.2 Å². The van der Waals surface area contributed by atoms with Gasteiger partial charge in [-0.05, 0) is 18.2 Å². The molecule has 2 aromatic rings. The van der Waals surface area contributed by atoms with E-state index in [4.69, 9.17) is 9.47 Å². The fraction of sp³-hybridized carbons (Fsp3) is 0.125. The number of hydrogen-bond donors (Lipinski definition) is 1. The van der Waals surface area contributed by atoms with Crippen molar-refractivity contribution in [2.45, 2.75) is 0 Å². The zero-order chi connectivity index (χ0) is 17.5. The van der Waals surface area contributed by atoms with E-state index in [1.165, 1.54) is 32.6 Å². The molecule has 0 saturated carbocycles. The molecule has 0 bridgehead atoms. The average Bonchev–Trinajstić information content (AvgIpc) is 2.61. The van der Waals surface area contributed by atoms with E-state index in [0.29, 0.717) is 11.1 Å². The molecule has 8 nitrogen and oxygen atoms in total. The second-order valence-electron chi connectivity index (χ2n) is 4.60. The van der Waals surface area contributed by atoms with Crippen LogP contribution in [0.25, 0.3) is 0 Å². The van der Waals surface area contributed by atoms with Crippen molar-refractivity contribution in [3.05, 3.63) is 63.7 Å². The van der Waals surface area contributed by atoms with Crippen LogP contribution < -0.4 is 14.9 Å². The molecule has 0 unspecified atom stereocenters. The van der Waals surface area contributed by atoms with Gasteiger partial charge < -0.3 is 9.47 Å². The molecule has 2 rings (SSSR count). The lowest BCUT2D eigenvalue weighted by atomic mass is 10.2. The number of nitro benzene ring substituents is 1. The summed E-state index contributed by atoms with van der Waals surface area (Å²) in [5.41, 5.74) is 2.93. The molecule has 0 aromatic heterocycles. The second kappa shape index (κ2) is 7.73. The van der Waals surface area contributed by atoms with Crippen LogP contribution in [0.1, 0.15) is 15.9 Å². The highest BCUT2D eigenvalue weighted by Crippen LogP contribution is 2.37. The summed E-state index contributed by atoms with van der Waals surface area (Å²) in [5, 5.41) is 14.9. The Morgan fingerprint density at radius 3 is 2.50 bits per heavy atom. The van der Waals surface area contributed by atoms with Crippen LogP contribution in [0.2, 0.25) is 0 Å². The van der Waals surface area contributed by atoms with Gasteiger partial charge in [-0.3, -0.25) is 14.9 Å². The first-order chi connectivity index (χ1) is 11.6. The molecule has 0 heterocycles. The number of hydrazone groups is 1. The highest BCUT2D eigenvalue weighted by molar-refractivity contribution is 5.95. The number of ether oxygens (including phenoxy) is 2. The number of hydrogen-bond acceptors (Lipinski definition) is 6. The molecule has 0 fully saturated rings. The molecule has 24 heavy (non-hydrogen) atoms. The largest absolute Gasteiger partial charge is 0.493 e. The van der Waals surface area contributed by atoms with E-state index >= 15 is 0 Å². The number of amides is 1. The number of carbonyl (C=O) groups is 1. The Kier molecular flexibility index (Phi) is 5.45. The predicted molar refractivity (Wildman–Crippen MR) is 87.7 cm³/mol. The standard InChI is InChI=1S/C16H15N3O5/c1-23-14-9-11(8-13(19(21)22)15(14)24-2)10-17-18-16(20)12-6-4-3-5-7-12/h3-10H,1-2H3,(H,18,20)/b17-10+. The maximum Gasteiger partial charge on any atom is 0.315 e. The Balaban J connectivity index is 2.21. The number of rotatable bonds is 6. The molecule has 0 spiro atoms. The third-order valence-corrected chi connectivity index (χ3v) is 3.09. The smallest absolute Gasteiger partial charge is 0.315 e. The maximum atomic E-state index is 11.9. The van der Waals surface area contributed by atoms with Crippen LogP contribution in [0.15, 0.2) is 47.6 Å². The minimum absolute atomic E-state index is 0.0213. The van der Waals surface area contributed by atoms with Crippen LogP contribution in [0.5, 0.6) is 11.5 Å². The number of nitrogens with zero attached hydrogens (tertiary/aromatic N) is 2. The van der Waals surface area contributed by atoms with Gasteiger partial charge in [-0.2, -0.15) is 5.10 Å². The fourth-order valence-corrected chi connectivity index (χ4v) is 1.99. The third kappa shape index (κ3) is 3.86. The first kappa shape index (κ1) is 16.9. The van der Waals surface area contributed by atoms with Crippen LogP contribution in [0, 0.1) is 10.1 Å². The number of carbonyl (C=O) groups excluding carboxylic acids is 1. The Bertz CT molecular complexity index is 775. The molecule has 0 aliphatic heterocycles. The summed E-state index contributed by atoms with van der Waals surface area (Å²) in [5.74, 6) is -0.169. The molecule has 1 amide bonds. The zero-order valence-electron chi connectivity index (χ0n) is 13.1. The zero-order valence-corrected chi connectivity index (χ0v) is 13.1. The Labute approximate surface area is 137 Å². The summed E-state index contributed by atoms with van der Waals surface area (Å²) >= 11 is 0. The second-order valence-corrected chi connectivity index (χ2v) is 4.60. The van der Waals surface area contributed by atoms with Crippen LogP contribution in [0.4, 0.5) is 5.69 Å². The molecule has 0 aliphatic carbocycles. The van der Waals surface area contributed by atoms with E-state index in [-0.39, 0.29) is 23.1 Å². The highest BCUT2D eigenvalue weighted by Gasteiger charge is 2.21. The average molecular weight is 329 g/mol. The number of nitrogens with one attached hydrogen (secondary N) is 1. The molecule has 0 radical (unpaired) electrons. The van der Waals surface area contributed by atoms with Gasteiger partial charge in [0.05, 0.1) is 25.4 Å². The lowest BCUT2D eigenvalue weighted by molar-refractivity contribution is -0.385. The molecule has 2 aromatic carbocycles. The van der Waals surface area contributed by atoms with Crippen LogP contribution >= 0.6 is 0 Å². The van der Waals surface area contributed by atoms with Gasteiger partial charge in [-0.1, -0.05) is 18.2 Å². The van der Waals surface area contributed by atoms with E-state index in [9.17, 15) is 14.9 Å². The molecule has 124 valence electrons. The number of benzene rings is 2. The lowest BCUT2D eigenvalue weighted by Gasteiger charge is -2.08. The first-order valence-corrected chi connectivity index (χ1v) is 6.85. The lowest BCUT2D eigenvalue weighted by Crippen LogP contribution is -2.17. The van der Waals surface area contributed by atoms with Crippen LogP contribution in [-0.2, 0) is 0 Å². The van der Waals surface area contributed by atoms with E-state index < -0.39 is 4.92 Å². The minimum atomic E-state index is -0.582. The van der Waals surface area contributed by atoms with Gasteiger partial charge in [0.25, 0.3) is 5.91 Å². The number of methoxy groups -OCH3 is 2. The van der Waals surface area contributed by atoms with Crippen LogP contribution in [-0.4, -0.2) is 31.3 Å². The molecule has 8 heteroatoms. The van der Waals surface area contributed by atoms with Crippen LogP contribution in [0.3, 0.4) is 0 Å². The van der Waals surface area contributed by atoms with Gasteiger partial charge in [0.2, 0.25) is 5.75 Å². The summed E-state index contributed by atoms with van der Waals surface area (Å²) in [6.07, 6.45) is 1.29. The minimum Gasteiger partial charge on any atom is -0.493 e. The topological polar surface area (TPSA) is 103 Å². The van der Waals surface area contributed by atoms with Gasteiger partial charge in [0, 0.05) is 17.2 Å². The van der Waals surface area contributed by atoms with Gasteiger partial charge >= 0.3 is 5.69 Å². The van der Waals surface area contributed by atoms with E-state index in [1.54, 1.807) is 30.3 Å². The van der Waals surface area contributed by atoms with Gasteiger partial charge in [0.15, 0.2) is 5.75 Å². The normalized spacial score (nSPS) is 10.4. The molecular weight excluding hydrogens is 314 g/mol. The van der Waals surface area contributed by atoms with E-state index in [2.05, 4.69) is 10.5 Å². The van der Waals surface area contributed by atoms with Crippen molar-refractivity contribution in [3.8, 4) is 11.5 Å². The Hall–Kier alpha value is -3.42. The van der Waals surface area contributed by atoms with Crippen molar-refractivity contribution in [2.24, 2.45) is 5.10 Å². The Morgan fingerprint density at radius 2 is 1.92 bits per heavy atom. The molecule has 1 N–H and O–H groups in total. The van der Waals surface area contributed by atoms with Crippen molar-refractivity contribution in [2.75, 3.05) is 14.2 Å². The van der Waals surface area contributed by atoms with Gasteiger partial charge in [0.1, 0.15) is 0 Å². The van der Waals surface area contributed by atoms with Gasteiger partial charge in [-0.25, -0.2) is 5.43 Å². The summed E-state index contributed by atoms with van der Waals surface area (Å²) in [6.45, 7) is 0. The fourth-order valence-electron chi connectivity index (χ4n) is 1.99. The third-order valence-electron chi connectivity index (χ3n) is 3.09. The molecular formula is C16H15N3O5. The summed E-state index contributed by atoms with van der Waals surface area (Å²) in [4.78, 5) is 22.4. The summed E-state index contributed by atoms with van der Waals surface area (Å²) < 4.78 is 10.1. The maximum absolute atomic E-state index is 11.9. The molecule has 0 saturated heterocycles. The van der Waals surface area contributed by atoms with Gasteiger partial charge in [-0.15, -0.1) is 0 Å². The Morgan fingerprint density at radius 1 is 1.21 bits per heavy atom. The summed E-state index contributed by atoms with van der Waals surface area (Å²) in [7, 11) is 2.69. The van der Waals surface area contributed by atoms with Crippen molar-refractivity contribution >= 4 is 17.8 Å². The number of nitro groups is 1. The monoisotopic (exact) mass is 329 g/mol. The first-order valence-electron chi connectivity index (χ1n) is 6.85. The van der Waals surface area contributed by atoms with Crippen molar-refractivity contribution in [3.63, 3.8) is 0 Å². The molecule has 0 atom stereocenters. The predicted octanol–water partition coefficient (Wildman–Crippen LogP) is 2.38. The van der Waals surface area contributed by atoms with Crippen molar-refractivity contribution in [1.82, 2.24) is 5.43 Å². The van der Waals surface area contributed by atoms with E-state index in [1.807, 2.05) is 0 Å². The summed E-state index contributed by atoms with van der Waals surface area (Å²) in [6, 6.07) is 11.3. The molecule has 0 aliphatic rings. The quantitative estimate of drug-likeness (QED) is 0.498. The van der Waals surface area contributed by atoms with E-state index in [0.717, 1.165) is 0 Å².